The summed E-state index contributed by atoms with van der Waals surface area (Å²) in [7, 11) is 0. The summed E-state index contributed by atoms with van der Waals surface area (Å²) in [5, 5.41) is 0. The summed E-state index contributed by atoms with van der Waals surface area (Å²) in [6.45, 7) is 0. The van der Waals surface area contributed by atoms with Gasteiger partial charge >= 0.3 is 0 Å². The summed E-state index contributed by atoms with van der Waals surface area (Å²) >= 11 is 0. The van der Waals surface area contributed by atoms with Crippen molar-refractivity contribution in [3.8, 4) is 0 Å². The third kappa shape index (κ3) is 0.559. The van der Waals surface area contributed by atoms with Crippen LogP contribution in [0.4, 0.5) is 0 Å². The van der Waals surface area contributed by atoms with Crippen LogP contribution in [0.5, 0.6) is 0 Å². The first kappa shape index (κ1) is 5.99. The minimum absolute atomic E-state index is 0.428. The van der Waals surface area contributed by atoms with Gasteiger partial charge in [-0.15, -0.1) is 0 Å². The van der Waals surface area contributed by atoms with Gasteiger partial charge in [-0.25, -0.2) is 0 Å². The molecule has 0 aromatic heterocycles. The predicted octanol–water partition coefficient (Wildman–Crippen LogP) is 1.93. The number of fused-ring (bicyclic) bond motifs is 5. The van der Waals surface area contributed by atoms with Crippen molar-refractivity contribution in [3.63, 3.8) is 0 Å². The summed E-state index contributed by atoms with van der Waals surface area (Å²) in [6.07, 6.45) is 7.22. The van der Waals surface area contributed by atoms with E-state index < -0.39 is 0 Å². The van der Waals surface area contributed by atoms with E-state index in [1.165, 1.54) is 24.8 Å². The van der Waals surface area contributed by atoms with Gasteiger partial charge in [0.25, 0.3) is 0 Å². The van der Waals surface area contributed by atoms with Crippen LogP contribution in [-0.4, -0.2) is 5.78 Å². The molecule has 1 heteroatoms. The van der Waals surface area contributed by atoms with Crippen LogP contribution < -0.4 is 0 Å². The Labute approximate surface area is 66.5 Å². The normalized spacial score (nSPS) is 46.4. The number of hydrogen-bond donors (Lipinski definition) is 0. The standard InChI is InChI=1S/C10H12O/c11-10-8-4-5-9(10)7-3-1-2-6(7)8/h4,6-7,9H,1-3,5H2. The fraction of sp³-hybridized carbons (Fsp3) is 0.700. The van der Waals surface area contributed by atoms with E-state index in [1.54, 1.807) is 0 Å². The molecule has 2 bridgehead atoms. The van der Waals surface area contributed by atoms with Crippen LogP contribution in [-0.2, 0) is 4.79 Å². The molecule has 0 radical (unpaired) electrons. The van der Waals surface area contributed by atoms with Crippen molar-refractivity contribution in [3.05, 3.63) is 11.6 Å². The molecule has 0 aliphatic heterocycles. The molecule has 1 nitrogen and oxygen atoms in total. The zero-order valence-electron chi connectivity index (χ0n) is 6.55. The van der Waals surface area contributed by atoms with Crippen LogP contribution in [0.25, 0.3) is 0 Å². The quantitative estimate of drug-likeness (QED) is 0.513. The molecule has 3 aliphatic rings. The molecule has 0 saturated heterocycles. The molecule has 0 heterocycles. The van der Waals surface area contributed by atoms with Crippen LogP contribution >= 0.6 is 0 Å². The van der Waals surface area contributed by atoms with Gasteiger partial charge in [0.1, 0.15) is 0 Å². The average molecular weight is 148 g/mol. The number of allylic oxidation sites excluding steroid dienone is 2. The highest BCUT2D eigenvalue weighted by Gasteiger charge is 2.50. The highest BCUT2D eigenvalue weighted by Crippen LogP contribution is 2.53. The van der Waals surface area contributed by atoms with E-state index in [0.717, 1.165) is 12.3 Å². The second-order valence-electron chi connectivity index (χ2n) is 4.07. The summed E-state index contributed by atoms with van der Waals surface area (Å²) in [6, 6.07) is 0. The Morgan fingerprint density at radius 1 is 1.27 bits per heavy atom. The Hall–Kier alpha value is -0.590. The second kappa shape index (κ2) is 1.77. The van der Waals surface area contributed by atoms with E-state index in [0.29, 0.717) is 17.6 Å². The fourth-order valence-electron chi connectivity index (χ4n) is 3.24. The van der Waals surface area contributed by atoms with Crippen molar-refractivity contribution in [2.45, 2.75) is 25.7 Å². The van der Waals surface area contributed by atoms with Crippen molar-refractivity contribution in [2.75, 3.05) is 0 Å². The molecule has 3 aliphatic carbocycles. The Morgan fingerprint density at radius 3 is 3.00 bits per heavy atom. The number of hydrogen-bond acceptors (Lipinski definition) is 1. The molecular weight excluding hydrogens is 136 g/mol. The molecule has 0 amide bonds. The highest BCUT2D eigenvalue weighted by atomic mass is 16.1. The lowest BCUT2D eigenvalue weighted by atomic mass is 9.86. The Morgan fingerprint density at radius 2 is 2.18 bits per heavy atom. The minimum atomic E-state index is 0.428. The van der Waals surface area contributed by atoms with Gasteiger partial charge in [-0.2, -0.15) is 0 Å². The van der Waals surface area contributed by atoms with Crippen LogP contribution in [0.15, 0.2) is 11.6 Å². The SMILES string of the molecule is O=C1C2=CCC1C1CCCC21. The summed E-state index contributed by atoms with van der Waals surface area (Å²) in [5.74, 6) is 2.39. The van der Waals surface area contributed by atoms with E-state index in [4.69, 9.17) is 0 Å². The maximum absolute atomic E-state index is 11.5. The summed E-state index contributed by atoms with van der Waals surface area (Å²) in [4.78, 5) is 11.5. The molecule has 58 valence electrons. The minimum Gasteiger partial charge on any atom is -0.294 e. The molecule has 0 aromatic carbocycles. The maximum Gasteiger partial charge on any atom is 0.162 e. The predicted molar refractivity (Wildman–Crippen MR) is 42.0 cm³/mol. The Bertz CT molecular complexity index is 252. The monoisotopic (exact) mass is 148 g/mol. The van der Waals surface area contributed by atoms with Crippen molar-refractivity contribution in [1.82, 2.24) is 0 Å². The van der Waals surface area contributed by atoms with Gasteiger partial charge in [-0.1, -0.05) is 12.5 Å². The number of rotatable bonds is 0. The van der Waals surface area contributed by atoms with Crippen LogP contribution in [0, 0.1) is 17.8 Å². The molecule has 0 spiro atoms. The molecule has 3 rings (SSSR count). The van der Waals surface area contributed by atoms with Crippen LogP contribution in [0.2, 0.25) is 0 Å². The summed E-state index contributed by atoms with van der Waals surface area (Å²) in [5.41, 5.74) is 1.21. The number of ketones is 1. The van der Waals surface area contributed by atoms with Crippen molar-refractivity contribution in [1.29, 1.82) is 0 Å². The van der Waals surface area contributed by atoms with E-state index in [1.807, 2.05) is 0 Å². The summed E-state index contributed by atoms with van der Waals surface area (Å²) < 4.78 is 0. The zero-order chi connectivity index (χ0) is 7.42. The lowest BCUT2D eigenvalue weighted by Crippen LogP contribution is -2.12. The number of carbonyl (C=O) groups is 1. The molecule has 3 atom stereocenters. The topological polar surface area (TPSA) is 17.1 Å². The van der Waals surface area contributed by atoms with Gasteiger partial charge in [-0.3, -0.25) is 4.79 Å². The van der Waals surface area contributed by atoms with Gasteiger partial charge in [0.15, 0.2) is 5.78 Å². The van der Waals surface area contributed by atoms with Crippen molar-refractivity contribution in [2.24, 2.45) is 17.8 Å². The van der Waals surface area contributed by atoms with E-state index in [2.05, 4.69) is 6.08 Å². The van der Waals surface area contributed by atoms with Gasteiger partial charge < -0.3 is 0 Å². The number of Topliss-reactive ketones (excluding diaryl/α,β-unsaturated/α-hetero) is 1. The smallest absolute Gasteiger partial charge is 0.162 e. The highest BCUT2D eigenvalue weighted by molar-refractivity contribution is 6.02. The second-order valence-corrected chi connectivity index (χ2v) is 4.07. The lowest BCUT2D eigenvalue weighted by Gasteiger charge is -2.16. The molecule has 2 fully saturated rings. The fourth-order valence-corrected chi connectivity index (χ4v) is 3.24. The largest absolute Gasteiger partial charge is 0.294 e. The first-order chi connectivity index (χ1) is 5.38. The Balaban J connectivity index is 2.08. The van der Waals surface area contributed by atoms with E-state index in [9.17, 15) is 4.79 Å². The first-order valence-electron chi connectivity index (χ1n) is 4.62. The van der Waals surface area contributed by atoms with Crippen molar-refractivity contribution < 1.29 is 4.79 Å². The zero-order valence-corrected chi connectivity index (χ0v) is 6.55. The maximum atomic E-state index is 11.5. The third-order valence-corrected chi connectivity index (χ3v) is 3.70. The van der Waals surface area contributed by atoms with Gasteiger partial charge in [0, 0.05) is 5.92 Å². The van der Waals surface area contributed by atoms with Gasteiger partial charge in [0.05, 0.1) is 0 Å². The molecule has 2 saturated carbocycles. The van der Waals surface area contributed by atoms with E-state index >= 15 is 0 Å². The Kier molecular flexibility index (Phi) is 0.961. The van der Waals surface area contributed by atoms with Gasteiger partial charge in [0.2, 0.25) is 0 Å². The first-order valence-corrected chi connectivity index (χ1v) is 4.62. The molecule has 0 aromatic rings. The van der Waals surface area contributed by atoms with Crippen molar-refractivity contribution >= 4 is 5.78 Å². The molecule has 0 N–H and O–H groups in total. The van der Waals surface area contributed by atoms with Gasteiger partial charge in [-0.05, 0) is 36.7 Å². The molecular formula is C10H12O. The number of carbonyl (C=O) groups excluding carboxylic acids is 1. The van der Waals surface area contributed by atoms with Crippen LogP contribution in [0.1, 0.15) is 25.7 Å². The third-order valence-electron chi connectivity index (χ3n) is 3.70. The van der Waals surface area contributed by atoms with Crippen LogP contribution in [0.3, 0.4) is 0 Å². The molecule has 11 heavy (non-hydrogen) atoms. The molecule has 3 unspecified atom stereocenters. The van der Waals surface area contributed by atoms with E-state index in [-0.39, 0.29) is 0 Å². The average Bonchev–Trinajstić information content (AvgIpc) is 2.61. The lowest BCUT2D eigenvalue weighted by molar-refractivity contribution is -0.117.